The monoisotopic (exact) mass is 376 g/mol. The summed E-state index contributed by atoms with van der Waals surface area (Å²) in [6.07, 6.45) is 1.10. The van der Waals surface area contributed by atoms with Gasteiger partial charge in [-0.15, -0.1) is 0 Å². The second-order valence-corrected chi connectivity index (χ2v) is 8.40. The van der Waals surface area contributed by atoms with Crippen LogP contribution in [0.2, 0.25) is 0 Å². The van der Waals surface area contributed by atoms with Gasteiger partial charge in [-0.1, -0.05) is 45.9 Å². The Bertz CT molecular complexity index is 882. The van der Waals surface area contributed by atoms with Crippen molar-refractivity contribution in [2.24, 2.45) is 0 Å². The first-order valence-electron chi connectivity index (χ1n) is 8.37. The van der Waals surface area contributed by atoms with Crippen molar-refractivity contribution in [2.75, 3.05) is 5.32 Å². The third-order valence-corrected chi connectivity index (χ3v) is 5.20. The molecule has 0 saturated carbocycles. The summed E-state index contributed by atoms with van der Waals surface area (Å²) in [4.78, 5) is 12.3. The first kappa shape index (κ1) is 19.8. The van der Waals surface area contributed by atoms with Crippen molar-refractivity contribution in [3.05, 3.63) is 47.3 Å². The summed E-state index contributed by atoms with van der Waals surface area (Å²) in [5.74, 6) is 0.348. The second-order valence-electron chi connectivity index (χ2n) is 6.71. The van der Waals surface area contributed by atoms with Crippen molar-refractivity contribution in [3.63, 3.8) is 0 Å². The third-order valence-electron chi connectivity index (χ3n) is 3.90. The highest BCUT2D eigenvalue weighted by molar-refractivity contribution is 7.90. The summed E-state index contributed by atoms with van der Waals surface area (Å²) in [5, 5.41) is 10.1. The lowest BCUT2D eigenvalue weighted by atomic mass is 9.93. The van der Waals surface area contributed by atoms with Gasteiger partial charge in [0.15, 0.2) is 0 Å². The van der Waals surface area contributed by atoms with E-state index in [1.807, 2.05) is 50.6 Å². The predicted molar refractivity (Wildman–Crippen MR) is 101 cm³/mol. The molecule has 1 heterocycles. The van der Waals surface area contributed by atoms with Gasteiger partial charge in [0.05, 0.1) is 11.9 Å². The average molecular weight is 376 g/mol. The lowest BCUT2D eigenvalue weighted by molar-refractivity contribution is 0.256. The molecule has 2 aromatic rings. The molecule has 140 valence electrons. The molecule has 1 aromatic carbocycles. The Morgan fingerprint density at radius 1 is 1.08 bits per heavy atom. The van der Waals surface area contributed by atoms with E-state index in [1.165, 1.54) is 6.07 Å². The maximum atomic E-state index is 12.4. The van der Waals surface area contributed by atoms with Crippen LogP contribution in [0.1, 0.15) is 56.4 Å². The molecule has 0 radical (unpaired) electrons. The van der Waals surface area contributed by atoms with Gasteiger partial charge in [-0.2, -0.15) is 10.2 Å². The van der Waals surface area contributed by atoms with Crippen LogP contribution in [-0.4, -0.2) is 24.6 Å². The minimum atomic E-state index is -4.03. The van der Waals surface area contributed by atoms with Crippen LogP contribution < -0.4 is 10.0 Å². The van der Waals surface area contributed by atoms with Crippen LogP contribution in [0.3, 0.4) is 0 Å². The molecule has 0 spiro atoms. The maximum absolute atomic E-state index is 12.4. The van der Waals surface area contributed by atoms with Gasteiger partial charge in [0, 0.05) is 5.69 Å². The summed E-state index contributed by atoms with van der Waals surface area (Å²) in [5.41, 5.74) is 2.99. The van der Waals surface area contributed by atoms with Crippen LogP contribution in [0, 0.1) is 6.92 Å². The number of rotatable bonds is 5. The minimum Gasteiger partial charge on any atom is -0.307 e. The Hall–Kier alpha value is -2.48. The molecular formula is C18H24N4O3S. The van der Waals surface area contributed by atoms with Crippen LogP contribution in [0.5, 0.6) is 0 Å². The molecule has 0 aliphatic carbocycles. The van der Waals surface area contributed by atoms with Gasteiger partial charge in [0.1, 0.15) is 4.90 Å². The summed E-state index contributed by atoms with van der Waals surface area (Å²) < 4.78 is 26.8. The molecule has 8 heteroatoms. The molecule has 0 saturated heterocycles. The zero-order valence-electron chi connectivity index (χ0n) is 15.6. The number of anilines is 1. The van der Waals surface area contributed by atoms with Crippen molar-refractivity contribution < 1.29 is 13.2 Å². The molecule has 2 N–H and O–H groups in total. The number of urea groups is 1. The van der Waals surface area contributed by atoms with Crippen molar-refractivity contribution in [1.82, 2.24) is 14.9 Å². The van der Waals surface area contributed by atoms with Crippen molar-refractivity contribution in [1.29, 1.82) is 0 Å². The highest BCUT2D eigenvalue weighted by Crippen LogP contribution is 2.32. The lowest BCUT2D eigenvalue weighted by Gasteiger charge is -2.20. The van der Waals surface area contributed by atoms with E-state index in [2.05, 4.69) is 15.5 Å². The molecule has 0 unspecified atom stereocenters. The molecule has 2 rings (SSSR count). The van der Waals surface area contributed by atoms with Crippen molar-refractivity contribution in [3.8, 4) is 0 Å². The SMILES string of the molecule is Cc1cc(S(=O)(=O)NC(=O)Nc2c(C(C)C)cccc2C(C)C)cnn1. The molecule has 1 aromatic heterocycles. The number of para-hydroxylation sites is 1. The van der Waals surface area contributed by atoms with E-state index in [1.54, 1.807) is 6.92 Å². The zero-order chi connectivity index (χ0) is 19.5. The third kappa shape index (κ3) is 4.57. The van der Waals surface area contributed by atoms with Gasteiger partial charge in [0.2, 0.25) is 0 Å². The number of benzene rings is 1. The normalized spacial score (nSPS) is 11.7. The number of hydrogen-bond acceptors (Lipinski definition) is 5. The van der Waals surface area contributed by atoms with Gasteiger partial charge in [-0.25, -0.2) is 17.9 Å². The molecule has 0 aliphatic rings. The zero-order valence-corrected chi connectivity index (χ0v) is 16.4. The molecule has 26 heavy (non-hydrogen) atoms. The number of nitrogens with zero attached hydrogens (tertiary/aromatic N) is 2. The maximum Gasteiger partial charge on any atom is 0.333 e. The first-order chi connectivity index (χ1) is 12.1. The highest BCUT2D eigenvalue weighted by Gasteiger charge is 2.21. The quantitative estimate of drug-likeness (QED) is 0.831. The molecule has 0 bridgehead atoms. The smallest absolute Gasteiger partial charge is 0.307 e. The second kappa shape index (κ2) is 7.82. The summed E-state index contributed by atoms with van der Waals surface area (Å²) in [7, 11) is -4.03. The standard InChI is InChI=1S/C18H24N4O3S/c1-11(2)15-7-6-8-16(12(3)4)17(15)20-18(23)22-26(24,25)14-9-13(5)21-19-10-14/h6-12H,1-5H3,(H2,20,22,23). The number of aryl methyl sites for hydroxylation is 1. The number of amides is 2. The number of carbonyl (C=O) groups is 1. The van der Waals surface area contributed by atoms with Crippen molar-refractivity contribution >= 4 is 21.7 Å². The molecule has 0 aliphatic heterocycles. The Morgan fingerprint density at radius 2 is 1.65 bits per heavy atom. The molecule has 0 fully saturated rings. The van der Waals surface area contributed by atoms with Gasteiger partial charge in [0.25, 0.3) is 10.0 Å². The van der Waals surface area contributed by atoms with Gasteiger partial charge >= 0.3 is 6.03 Å². The van der Waals surface area contributed by atoms with E-state index >= 15 is 0 Å². The fourth-order valence-corrected chi connectivity index (χ4v) is 3.54. The molecule has 2 amide bonds. The van der Waals surface area contributed by atoms with Crippen LogP contribution in [0.15, 0.2) is 35.4 Å². The minimum absolute atomic E-state index is 0.110. The molecular weight excluding hydrogens is 352 g/mol. The van der Waals surface area contributed by atoms with Gasteiger partial charge in [-0.05, 0) is 36.0 Å². The average Bonchev–Trinajstić information content (AvgIpc) is 2.54. The van der Waals surface area contributed by atoms with Crippen LogP contribution in [0.25, 0.3) is 0 Å². The van der Waals surface area contributed by atoms with Crippen LogP contribution in [0.4, 0.5) is 10.5 Å². The topological polar surface area (TPSA) is 101 Å². The predicted octanol–water partition coefficient (Wildman–Crippen LogP) is 3.54. The Balaban J connectivity index is 2.30. The fourth-order valence-electron chi connectivity index (χ4n) is 2.61. The van der Waals surface area contributed by atoms with Crippen LogP contribution >= 0.6 is 0 Å². The van der Waals surface area contributed by atoms with E-state index in [0.29, 0.717) is 11.4 Å². The van der Waals surface area contributed by atoms with Crippen LogP contribution in [-0.2, 0) is 10.0 Å². The number of hydrogen-bond donors (Lipinski definition) is 2. The number of nitrogens with one attached hydrogen (secondary N) is 2. The highest BCUT2D eigenvalue weighted by atomic mass is 32.2. The largest absolute Gasteiger partial charge is 0.333 e. The number of sulfonamides is 1. The van der Waals surface area contributed by atoms with Gasteiger partial charge in [-0.3, -0.25) is 0 Å². The fraction of sp³-hybridized carbons (Fsp3) is 0.389. The summed E-state index contributed by atoms with van der Waals surface area (Å²) in [6.45, 7) is 9.70. The van der Waals surface area contributed by atoms with E-state index in [4.69, 9.17) is 0 Å². The molecule has 0 atom stereocenters. The van der Waals surface area contributed by atoms with Crippen molar-refractivity contribution in [2.45, 2.75) is 51.3 Å². The Morgan fingerprint density at radius 3 is 2.15 bits per heavy atom. The van der Waals surface area contributed by atoms with E-state index in [9.17, 15) is 13.2 Å². The van der Waals surface area contributed by atoms with E-state index in [-0.39, 0.29) is 16.7 Å². The molecule has 7 nitrogen and oxygen atoms in total. The summed E-state index contributed by atoms with van der Waals surface area (Å²) >= 11 is 0. The van der Waals surface area contributed by atoms with Gasteiger partial charge < -0.3 is 5.32 Å². The Kier molecular flexibility index (Phi) is 5.97. The first-order valence-corrected chi connectivity index (χ1v) is 9.86. The number of carbonyl (C=O) groups excluding carboxylic acids is 1. The van der Waals surface area contributed by atoms with E-state index < -0.39 is 16.1 Å². The number of aromatic nitrogens is 2. The lowest BCUT2D eigenvalue weighted by Crippen LogP contribution is -2.35. The van der Waals surface area contributed by atoms with E-state index in [0.717, 1.165) is 17.3 Å². The Labute approximate surface area is 154 Å². The summed E-state index contributed by atoms with van der Waals surface area (Å²) in [6, 6.07) is 6.34.